The minimum atomic E-state index is -0.466. The number of hydrogen-bond donors (Lipinski definition) is 0. The zero-order valence-electron chi connectivity index (χ0n) is 17.7. The average Bonchev–Trinajstić information content (AvgIpc) is 3.15. The van der Waals surface area contributed by atoms with Crippen LogP contribution in [0.15, 0.2) is 30.3 Å². The Balaban J connectivity index is 1.63. The van der Waals surface area contributed by atoms with Gasteiger partial charge in [0.25, 0.3) is 5.91 Å². The molecule has 164 valence electrons. The van der Waals surface area contributed by atoms with Gasteiger partial charge < -0.3 is 4.74 Å². The van der Waals surface area contributed by atoms with E-state index >= 15 is 0 Å². The van der Waals surface area contributed by atoms with Crippen LogP contribution in [0.1, 0.15) is 27.9 Å². The molecule has 0 bridgehead atoms. The summed E-state index contributed by atoms with van der Waals surface area (Å²) in [4.78, 5) is 22.2. The summed E-state index contributed by atoms with van der Waals surface area (Å²) in [6.07, 6.45) is 0.790. The number of amides is 1. The maximum atomic E-state index is 13.5. The second-order valence-corrected chi connectivity index (χ2v) is 9.20. The normalized spacial score (nSPS) is 14.8. The topological polar surface area (TPSA) is 45.7 Å². The monoisotopic (exact) mass is 461 g/mol. The maximum absolute atomic E-state index is 13.5. The predicted molar refractivity (Wildman–Crippen MR) is 124 cm³/mol. The molecule has 1 aliphatic heterocycles. The number of fused-ring (bicyclic) bond motifs is 1. The molecule has 0 spiro atoms. The van der Waals surface area contributed by atoms with Crippen LogP contribution in [0.4, 0.5) is 9.52 Å². The lowest BCUT2D eigenvalue weighted by atomic mass is 10.1. The molecule has 0 unspecified atom stereocenters. The van der Waals surface area contributed by atoms with Crippen LogP contribution >= 0.6 is 22.9 Å². The van der Waals surface area contributed by atoms with Gasteiger partial charge in [0, 0.05) is 26.2 Å². The van der Waals surface area contributed by atoms with E-state index in [0.29, 0.717) is 11.7 Å². The number of thiazole rings is 1. The Morgan fingerprint density at radius 3 is 2.77 bits per heavy atom. The highest BCUT2D eigenvalue weighted by Crippen LogP contribution is 2.33. The number of nitrogens with zero attached hydrogens (tertiary/aromatic N) is 3. The third-order valence-electron chi connectivity index (χ3n) is 5.41. The van der Waals surface area contributed by atoms with E-state index in [1.165, 1.54) is 29.5 Å². The second kappa shape index (κ2) is 9.61. The Bertz CT molecular complexity index is 1100. The lowest BCUT2D eigenvalue weighted by Gasteiger charge is -2.27. The molecule has 0 aliphatic carbocycles. The minimum absolute atomic E-state index is 0.108. The molecule has 1 fully saturated rings. The van der Waals surface area contributed by atoms with Crippen LogP contribution in [-0.2, 0) is 4.74 Å². The summed E-state index contributed by atoms with van der Waals surface area (Å²) < 4.78 is 20.0. The van der Waals surface area contributed by atoms with Crippen molar-refractivity contribution < 1.29 is 13.9 Å². The van der Waals surface area contributed by atoms with E-state index < -0.39 is 5.82 Å². The fraction of sp³-hybridized carbons (Fsp3) is 0.391. The Labute approximate surface area is 190 Å². The third-order valence-corrected chi connectivity index (χ3v) is 6.95. The summed E-state index contributed by atoms with van der Waals surface area (Å²) in [5.41, 5.74) is 3.43. The zero-order valence-corrected chi connectivity index (χ0v) is 19.2. The molecule has 2 aromatic carbocycles. The Morgan fingerprint density at radius 1 is 1.26 bits per heavy atom. The van der Waals surface area contributed by atoms with Gasteiger partial charge in [-0.05, 0) is 55.7 Å². The molecule has 0 radical (unpaired) electrons. The number of carbonyl (C=O) groups is 1. The van der Waals surface area contributed by atoms with Gasteiger partial charge in [-0.3, -0.25) is 14.6 Å². The number of halogens is 2. The molecular formula is C23H25ClFN3O2S. The fourth-order valence-electron chi connectivity index (χ4n) is 3.85. The van der Waals surface area contributed by atoms with Crippen LogP contribution in [0.3, 0.4) is 0 Å². The molecule has 1 aromatic heterocycles. The molecule has 0 saturated carbocycles. The van der Waals surface area contributed by atoms with E-state index in [-0.39, 0.29) is 16.5 Å². The highest BCUT2D eigenvalue weighted by Gasteiger charge is 2.24. The van der Waals surface area contributed by atoms with Crippen molar-refractivity contribution in [1.29, 1.82) is 0 Å². The van der Waals surface area contributed by atoms with Crippen LogP contribution in [0.25, 0.3) is 10.2 Å². The Morgan fingerprint density at radius 2 is 2.03 bits per heavy atom. The molecule has 1 saturated heterocycles. The Hall–Kier alpha value is -2.06. The highest BCUT2D eigenvalue weighted by molar-refractivity contribution is 7.22. The van der Waals surface area contributed by atoms with E-state index in [1.54, 1.807) is 4.90 Å². The molecule has 4 rings (SSSR count). The molecule has 2 heterocycles. The third kappa shape index (κ3) is 5.06. The highest BCUT2D eigenvalue weighted by atomic mass is 35.5. The number of benzene rings is 2. The van der Waals surface area contributed by atoms with Gasteiger partial charge in [-0.15, -0.1) is 0 Å². The first-order valence-electron chi connectivity index (χ1n) is 10.4. The SMILES string of the molecule is Cc1cc(C)c2sc(N(CCCN3CCOCC3)C(=O)c3ccc(F)cc3Cl)nc2c1. The first kappa shape index (κ1) is 22.1. The number of aromatic nitrogens is 1. The molecule has 3 aromatic rings. The van der Waals surface area contributed by atoms with Crippen molar-refractivity contribution in [3.63, 3.8) is 0 Å². The summed E-state index contributed by atoms with van der Waals surface area (Å²) in [7, 11) is 0. The van der Waals surface area contributed by atoms with Crippen LogP contribution in [0.2, 0.25) is 5.02 Å². The number of carbonyl (C=O) groups excluding carboxylic acids is 1. The number of morpholine rings is 1. The summed E-state index contributed by atoms with van der Waals surface area (Å²) in [6, 6.07) is 8.02. The number of hydrogen-bond acceptors (Lipinski definition) is 5. The van der Waals surface area contributed by atoms with Crippen LogP contribution < -0.4 is 4.90 Å². The van der Waals surface area contributed by atoms with Crippen molar-refractivity contribution >= 4 is 44.2 Å². The summed E-state index contributed by atoms with van der Waals surface area (Å²) in [6.45, 7) is 8.74. The number of aryl methyl sites for hydroxylation is 2. The van der Waals surface area contributed by atoms with Crippen molar-refractivity contribution in [2.75, 3.05) is 44.3 Å². The van der Waals surface area contributed by atoms with Crippen molar-refractivity contribution in [3.05, 3.63) is 57.9 Å². The van der Waals surface area contributed by atoms with E-state index in [1.807, 2.05) is 13.0 Å². The summed E-state index contributed by atoms with van der Waals surface area (Å²) in [5, 5.41) is 0.743. The van der Waals surface area contributed by atoms with E-state index in [0.717, 1.165) is 60.6 Å². The van der Waals surface area contributed by atoms with Gasteiger partial charge in [-0.1, -0.05) is 29.0 Å². The second-order valence-electron chi connectivity index (χ2n) is 7.82. The minimum Gasteiger partial charge on any atom is -0.379 e. The Kier molecular flexibility index (Phi) is 6.86. The lowest BCUT2D eigenvalue weighted by Crippen LogP contribution is -2.39. The first-order valence-corrected chi connectivity index (χ1v) is 11.6. The van der Waals surface area contributed by atoms with Gasteiger partial charge in [0.05, 0.1) is 34.0 Å². The van der Waals surface area contributed by atoms with Gasteiger partial charge in [0.1, 0.15) is 5.82 Å². The predicted octanol–water partition coefficient (Wildman–Crippen LogP) is 5.07. The van der Waals surface area contributed by atoms with Crippen molar-refractivity contribution in [2.24, 2.45) is 0 Å². The van der Waals surface area contributed by atoms with Crippen LogP contribution in [-0.4, -0.2) is 55.2 Å². The number of rotatable bonds is 6. The molecule has 0 atom stereocenters. The molecule has 1 aliphatic rings. The van der Waals surface area contributed by atoms with Crippen molar-refractivity contribution in [3.8, 4) is 0 Å². The molecule has 0 N–H and O–H groups in total. The maximum Gasteiger partial charge on any atom is 0.261 e. The van der Waals surface area contributed by atoms with E-state index in [4.69, 9.17) is 21.3 Å². The van der Waals surface area contributed by atoms with Crippen LogP contribution in [0.5, 0.6) is 0 Å². The smallest absolute Gasteiger partial charge is 0.261 e. The molecule has 1 amide bonds. The molecular weight excluding hydrogens is 437 g/mol. The quantitative estimate of drug-likeness (QED) is 0.514. The lowest BCUT2D eigenvalue weighted by molar-refractivity contribution is 0.0376. The zero-order chi connectivity index (χ0) is 22.0. The average molecular weight is 462 g/mol. The molecule has 31 heavy (non-hydrogen) atoms. The number of ether oxygens (including phenoxy) is 1. The molecule has 5 nitrogen and oxygen atoms in total. The van der Waals surface area contributed by atoms with E-state index in [2.05, 4.69) is 17.9 Å². The largest absolute Gasteiger partial charge is 0.379 e. The summed E-state index contributed by atoms with van der Waals surface area (Å²) in [5.74, 6) is -0.730. The van der Waals surface area contributed by atoms with E-state index in [9.17, 15) is 9.18 Å². The summed E-state index contributed by atoms with van der Waals surface area (Å²) >= 11 is 7.71. The van der Waals surface area contributed by atoms with Gasteiger partial charge >= 0.3 is 0 Å². The van der Waals surface area contributed by atoms with Crippen LogP contribution in [0, 0.1) is 19.7 Å². The standard InChI is InChI=1S/C23H25ClFN3O2S/c1-15-12-16(2)21-20(13-15)26-23(31-21)28(7-3-6-27-8-10-30-11-9-27)22(29)18-5-4-17(25)14-19(18)24/h4-5,12-14H,3,6-11H2,1-2H3. The van der Waals surface area contributed by atoms with Crippen molar-refractivity contribution in [1.82, 2.24) is 9.88 Å². The fourth-order valence-corrected chi connectivity index (χ4v) is 5.14. The van der Waals surface area contributed by atoms with Gasteiger partial charge in [-0.25, -0.2) is 9.37 Å². The van der Waals surface area contributed by atoms with Gasteiger partial charge in [0.2, 0.25) is 0 Å². The first-order chi connectivity index (χ1) is 14.9. The molecule has 8 heteroatoms. The van der Waals surface area contributed by atoms with Gasteiger partial charge in [-0.2, -0.15) is 0 Å². The number of anilines is 1. The van der Waals surface area contributed by atoms with Gasteiger partial charge in [0.15, 0.2) is 5.13 Å². The van der Waals surface area contributed by atoms with Crippen molar-refractivity contribution in [2.45, 2.75) is 20.3 Å².